The van der Waals surface area contributed by atoms with Gasteiger partial charge >= 0.3 is 0 Å². The molecule has 0 amide bonds. The van der Waals surface area contributed by atoms with Gasteiger partial charge in [-0.05, 0) is 19.3 Å². The Kier molecular flexibility index (Phi) is 4.90. The first kappa shape index (κ1) is 12.5. The van der Waals surface area contributed by atoms with Crippen LogP contribution in [0.5, 0.6) is 0 Å². The first-order valence-corrected chi connectivity index (χ1v) is 5.91. The fourth-order valence-corrected chi connectivity index (χ4v) is 1.70. The van der Waals surface area contributed by atoms with Crippen molar-refractivity contribution < 1.29 is 18.7 Å². The van der Waals surface area contributed by atoms with Gasteiger partial charge in [0.05, 0.1) is 13.2 Å². The van der Waals surface area contributed by atoms with Crippen LogP contribution in [0.3, 0.4) is 0 Å². The zero-order valence-electron chi connectivity index (χ0n) is 10.1. The molecule has 1 aliphatic rings. The maximum absolute atomic E-state index is 5.56. The van der Waals surface area contributed by atoms with Crippen molar-refractivity contribution >= 4 is 0 Å². The average Bonchev–Trinajstić information content (AvgIpc) is 2.85. The molecule has 0 spiro atoms. The normalized spacial score (nSPS) is 20.6. The SMILES string of the molecule is COCCOCc1noc(C2CCCCO2)n1. The summed E-state index contributed by atoms with van der Waals surface area (Å²) in [5, 5.41) is 3.86. The van der Waals surface area contributed by atoms with Crippen molar-refractivity contribution in [1.82, 2.24) is 10.1 Å². The average molecular weight is 242 g/mol. The summed E-state index contributed by atoms with van der Waals surface area (Å²) in [6, 6.07) is 0. The molecule has 96 valence electrons. The van der Waals surface area contributed by atoms with Gasteiger partial charge < -0.3 is 18.7 Å². The number of nitrogens with zero attached hydrogens (tertiary/aromatic N) is 2. The molecule has 0 bridgehead atoms. The van der Waals surface area contributed by atoms with Crippen LogP contribution in [0.1, 0.15) is 37.1 Å². The van der Waals surface area contributed by atoms with Gasteiger partial charge in [0.2, 0.25) is 0 Å². The van der Waals surface area contributed by atoms with E-state index in [1.165, 1.54) is 0 Å². The number of rotatable bonds is 6. The van der Waals surface area contributed by atoms with Gasteiger partial charge in [-0.1, -0.05) is 5.16 Å². The van der Waals surface area contributed by atoms with Gasteiger partial charge in [0, 0.05) is 13.7 Å². The minimum Gasteiger partial charge on any atom is -0.382 e. The van der Waals surface area contributed by atoms with E-state index in [1.807, 2.05) is 0 Å². The van der Waals surface area contributed by atoms with Crippen molar-refractivity contribution in [3.8, 4) is 0 Å². The number of ether oxygens (including phenoxy) is 3. The molecule has 2 rings (SSSR count). The standard InChI is InChI=1S/C11H18N2O4/c1-14-6-7-15-8-10-12-11(17-13-10)9-4-2-3-5-16-9/h9H,2-8H2,1H3. The van der Waals surface area contributed by atoms with Crippen LogP contribution < -0.4 is 0 Å². The molecule has 0 N–H and O–H groups in total. The molecule has 1 unspecified atom stereocenters. The summed E-state index contributed by atoms with van der Waals surface area (Å²) in [6.45, 7) is 2.21. The summed E-state index contributed by atoms with van der Waals surface area (Å²) < 4.78 is 20.9. The van der Waals surface area contributed by atoms with Crippen LogP contribution in [0, 0.1) is 0 Å². The molecule has 1 aliphatic heterocycles. The summed E-state index contributed by atoms with van der Waals surface area (Å²) in [5.74, 6) is 1.13. The van der Waals surface area contributed by atoms with E-state index in [-0.39, 0.29) is 6.10 Å². The Labute approximate surface area is 100 Å². The van der Waals surface area contributed by atoms with E-state index >= 15 is 0 Å². The molecule has 1 atom stereocenters. The largest absolute Gasteiger partial charge is 0.382 e. The van der Waals surface area contributed by atoms with Gasteiger partial charge in [0.1, 0.15) is 12.7 Å². The van der Waals surface area contributed by atoms with Crippen molar-refractivity contribution in [1.29, 1.82) is 0 Å². The molecular weight excluding hydrogens is 224 g/mol. The third-order valence-corrected chi connectivity index (χ3v) is 2.60. The lowest BCUT2D eigenvalue weighted by Crippen LogP contribution is -2.11. The fourth-order valence-electron chi connectivity index (χ4n) is 1.70. The van der Waals surface area contributed by atoms with E-state index in [0.29, 0.717) is 31.5 Å². The number of hydrogen-bond acceptors (Lipinski definition) is 6. The second kappa shape index (κ2) is 6.68. The van der Waals surface area contributed by atoms with Crippen LogP contribution in [0.4, 0.5) is 0 Å². The maximum Gasteiger partial charge on any atom is 0.255 e. The van der Waals surface area contributed by atoms with Crippen LogP contribution in [-0.2, 0) is 20.8 Å². The lowest BCUT2D eigenvalue weighted by molar-refractivity contribution is -0.00459. The first-order valence-electron chi connectivity index (χ1n) is 5.91. The lowest BCUT2D eigenvalue weighted by atomic mass is 10.1. The van der Waals surface area contributed by atoms with Gasteiger partial charge in [0.25, 0.3) is 5.89 Å². The Morgan fingerprint density at radius 2 is 2.29 bits per heavy atom. The highest BCUT2D eigenvalue weighted by molar-refractivity contribution is 4.90. The van der Waals surface area contributed by atoms with E-state index < -0.39 is 0 Å². The summed E-state index contributed by atoms with van der Waals surface area (Å²) in [5.41, 5.74) is 0. The monoisotopic (exact) mass is 242 g/mol. The third-order valence-electron chi connectivity index (χ3n) is 2.60. The van der Waals surface area contributed by atoms with Crippen molar-refractivity contribution in [3.05, 3.63) is 11.7 Å². The van der Waals surface area contributed by atoms with Crippen LogP contribution >= 0.6 is 0 Å². The lowest BCUT2D eigenvalue weighted by Gasteiger charge is -2.18. The summed E-state index contributed by atoms with van der Waals surface area (Å²) >= 11 is 0. The third kappa shape index (κ3) is 3.76. The Morgan fingerprint density at radius 3 is 3.06 bits per heavy atom. The predicted molar refractivity (Wildman–Crippen MR) is 58.4 cm³/mol. The van der Waals surface area contributed by atoms with Gasteiger partial charge in [-0.3, -0.25) is 0 Å². The number of methoxy groups -OCH3 is 1. The predicted octanol–water partition coefficient (Wildman–Crippen LogP) is 1.47. The topological polar surface area (TPSA) is 66.6 Å². The molecule has 0 saturated carbocycles. The molecule has 1 aromatic heterocycles. The van der Waals surface area contributed by atoms with Crippen molar-refractivity contribution in [2.24, 2.45) is 0 Å². The Hall–Kier alpha value is -0.980. The highest BCUT2D eigenvalue weighted by atomic mass is 16.5. The smallest absolute Gasteiger partial charge is 0.255 e. The van der Waals surface area contributed by atoms with Crippen molar-refractivity contribution in [3.63, 3.8) is 0 Å². The quantitative estimate of drug-likeness (QED) is 0.704. The van der Waals surface area contributed by atoms with Crippen molar-refractivity contribution in [2.45, 2.75) is 32.0 Å². The molecule has 17 heavy (non-hydrogen) atoms. The van der Waals surface area contributed by atoms with E-state index in [1.54, 1.807) is 7.11 Å². The van der Waals surface area contributed by atoms with Crippen LogP contribution in [-0.4, -0.2) is 37.1 Å². The minimum absolute atomic E-state index is 0.0380. The minimum atomic E-state index is -0.0380. The van der Waals surface area contributed by atoms with E-state index in [2.05, 4.69) is 10.1 Å². The van der Waals surface area contributed by atoms with Crippen LogP contribution in [0.25, 0.3) is 0 Å². The number of hydrogen-bond donors (Lipinski definition) is 0. The van der Waals surface area contributed by atoms with Gasteiger partial charge in [-0.15, -0.1) is 0 Å². The Bertz CT molecular complexity index is 323. The maximum atomic E-state index is 5.56. The molecule has 1 fully saturated rings. The summed E-state index contributed by atoms with van der Waals surface area (Å²) in [4.78, 5) is 4.26. The molecule has 6 heteroatoms. The summed E-state index contributed by atoms with van der Waals surface area (Å²) in [7, 11) is 1.64. The fraction of sp³-hybridized carbons (Fsp3) is 0.818. The highest BCUT2D eigenvalue weighted by Gasteiger charge is 2.22. The molecule has 2 heterocycles. The van der Waals surface area contributed by atoms with Gasteiger partial charge in [-0.25, -0.2) is 0 Å². The second-order valence-electron chi connectivity index (χ2n) is 3.95. The van der Waals surface area contributed by atoms with Gasteiger partial charge in [-0.2, -0.15) is 4.98 Å². The zero-order valence-corrected chi connectivity index (χ0v) is 10.1. The molecular formula is C11H18N2O4. The molecule has 0 radical (unpaired) electrons. The molecule has 0 aromatic carbocycles. The first-order chi connectivity index (χ1) is 8.40. The van der Waals surface area contributed by atoms with E-state index in [9.17, 15) is 0 Å². The molecule has 0 aliphatic carbocycles. The van der Waals surface area contributed by atoms with Crippen LogP contribution in [0.2, 0.25) is 0 Å². The molecule has 6 nitrogen and oxygen atoms in total. The van der Waals surface area contributed by atoms with Crippen molar-refractivity contribution in [2.75, 3.05) is 26.9 Å². The summed E-state index contributed by atoms with van der Waals surface area (Å²) in [6.07, 6.45) is 3.17. The van der Waals surface area contributed by atoms with E-state index in [0.717, 1.165) is 25.9 Å². The Balaban J connectivity index is 1.78. The second-order valence-corrected chi connectivity index (χ2v) is 3.95. The van der Waals surface area contributed by atoms with Gasteiger partial charge in [0.15, 0.2) is 5.82 Å². The molecule has 1 saturated heterocycles. The highest BCUT2D eigenvalue weighted by Crippen LogP contribution is 2.26. The van der Waals surface area contributed by atoms with Crippen LogP contribution in [0.15, 0.2) is 4.52 Å². The zero-order chi connectivity index (χ0) is 11.9. The molecule has 1 aromatic rings. The van der Waals surface area contributed by atoms with E-state index in [4.69, 9.17) is 18.7 Å². The number of aromatic nitrogens is 2. The Morgan fingerprint density at radius 1 is 1.35 bits per heavy atom.